The molecule has 0 spiro atoms. The van der Waals surface area contributed by atoms with Crippen molar-refractivity contribution in [3.63, 3.8) is 0 Å². The summed E-state index contributed by atoms with van der Waals surface area (Å²) >= 11 is 0. The number of nitrogens with zero attached hydrogens (tertiary/aromatic N) is 1. The summed E-state index contributed by atoms with van der Waals surface area (Å²) in [5, 5.41) is 0. The highest BCUT2D eigenvalue weighted by atomic mass is 16.6. The molecule has 6 nitrogen and oxygen atoms in total. The Hall–Kier alpha value is -1.30. The van der Waals surface area contributed by atoms with Crippen molar-refractivity contribution in [1.82, 2.24) is 4.90 Å². The van der Waals surface area contributed by atoms with Gasteiger partial charge in [-0.25, -0.2) is 9.59 Å². The van der Waals surface area contributed by atoms with Crippen LogP contribution in [-0.2, 0) is 19.0 Å². The first kappa shape index (κ1) is 16.1. The number of carbonyl (C=O) groups is 2. The van der Waals surface area contributed by atoms with Crippen molar-refractivity contribution in [3.8, 4) is 0 Å². The first-order valence-electron chi connectivity index (χ1n) is 7.50. The second-order valence-electron chi connectivity index (χ2n) is 6.99. The van der Waals surface area contributed by atoms with Gasteiger partial charge in [-0.05, 0) is 40.5 Å². The molecule has 2 aliphatic heterocycles. The molecule has 0 radical (unpaired) electrons. The van der Waals surface area contributed by atoms with E-state index >= 15 is 0 Å². The summed E-state index contributed by atoms with van der Waals surface area (Å²) in [6.07, 6.45) is 1.67. The number of hydrogen-bond donors (Lipinski definition) is 0. The van der Waals surface area contributed by atoms with E-state index in [-0.39, 0.29) is 11.6 Å². The van der Waals surface area contributed by atoms with Crippen molar-refractivity contribution < 1.29 is 23.8 Å². The molecule has 2 saturated heterocycles. The lowest BCUT2D eigenvalue weighted by Crippen LogP contribution is -2.44. The maximum Gasteiger partial charge on any atom is 0.411 e. The summed E-state index contributed by atoms with van der Waals surface area (Å²) < 4.78 is 15.9. The second kappa shape index (κ2) is 5.83. The lowest BCUT2D eigenvalue weighted by molar-refractivity contribution is -0.149. The third-order valence-corrected chi connectivity index (χ3v) is 3.67. The van der Waals surface area contributed by atoms with Crippen LogP contribution in [0, 0.1) is 0 Å². The number of carbonyl (C=O) groups excluding carboxylic acids is 2. The summed E-state index contributed by atoms with van der Waals surface area (Å²) in [7, 11) is 0. The summed E-state index contributed by atoms with van der Waals surface area (Å²) in [6.45, 7) is 9.00. The van der Waals surface area contributed by atoms with Crippen molar-refractivity contribution >= 4 is 12.1 Å². The highest BCUT2D eigenvalue weighted by molar-refractivity contribution is 5.82. The number of esters is 1. The van der Waals surface area contributed by atoms with E-state index < -0.39 is 17.7 Å². The van der Waals surface area contributed by atoms with E-state index in [0.29, 0.717) is 26.0 Å². The van der Waals surface area contributed by atoms with Gasteiger partial charge in [0.1, 0.15) is 11.6 Å². The molecular formula is C15H25NO5. The van der Waals surface area contributed by atoms with Gasteiger partial charge in [0.25, 0.3) is 0 Å². The van der Waals surface area contributed by atoms with Gasteiger partial charge in [-0.15, -0.1) is 0 Å². The molecule has 0 bridgehead atoms. The molecule has 0 aromatic carbocycles. The van der Waals surface area contributed by atoms with Gasteiger partial charge in [-0.2, -0.15) is 0 Å². The van der Waals surface area contributed by atoms with Crippen LogP contribution in [-0.4, -0.2) is 54.0 Å². The lowest BCUT2D eigenvalue weighted by Gasteiger charge is -2.27. The van der Waals surface area contributed by atoms with E-state index in [1.807, 2.05) is 27.7 Å². The van der Waals surface area contributed by atoms with Crippen LogP contribution in [0.2, 0.25) is 0 Å². The van der Waals surface area contributed by atoms with Gasteiger partial charge < -0.3 is 14.2 Å². The third kappa shape index (κ3) is 4.59. The topological polar surface area (TPSA) is 68.4 Å². The second-order valence-corrected chi connectivity index (χ2v) is 6.99. The summed E-state index contributed by atoms with van der Waals surface area (Å²) in [4.78, 5) is 25.7. The first-order valence-corrected chi connectivity index (χ1v) is 7.50. The average molecular weight is 299 g/mol. The quantitative estimate of drug-likeness (QED) is 0.587. The van der Waals surface area contributed by atoms with Crippen LogP contribution in [0.5, 0.6) is 0 Å². The third-order valence-electron chi connectivity index (χ3n) is 3.67. The molecule has 6 heteroatoms. The smallest absolute Gasteiger partial charge is 0.411 e. The van der Waals surface area contributed by atoms with E-state index in [0.717, 1.165) is 13.0 Å². The molecule has 0 aromatic heterocycles. The van der Waals surface area contributed by atoms with Crippen molar-refractivity contribution in [3.05, 3.63) is 0 Å². The van der Waals surface area contributed by atoms with Crippen LogP contribution < -0.4 is 0 Å². The predicted octanol–water partition coefficient (Wildman–Crippen LogP) is 2.11. The van der Waals surface area contributed by atoms with E-state index in [4.69, 9.17) is 14.2 Å². The van der Waals surface area contributed by atoms with Gasteiger partial charge in [0.15, 0.2) is 0 Å². The molecule has 1 unspecified atom stereocenters. The van der Waals surface area contributed by atoms with E-state index in [1.54, 1.807) is 0 Å². The normalized spacial score (nSPS) is 28.4. The summed E-state index contributed by atoms with van der Waals surface area (Å²) in [5.74, 6) is -0.345. The van der Waals surface area contributed by atoms with E-state index in [2.05, 4.69) is 0 Å². The maximum atomic E-state index is 12.1. The monoisotopic (exact) mass is 299 g/mol. The number of likely N-dealkylation sites (tertiary alicyclic amines) is 1. The summed E-state index contributed by atoms with van der Waals surface area (Å²) in [6, 6.07) is -0.521. The van der Waals surface area contributed by atoms with Crippen LogP contribution in [0.3, 0.4) is 0 Å². The molecule has 0 N–H and O–H groups in total. The summed E-state index contributed by atoms with van der Waals surface area (Å²) in [5.41, 5.74) is -0.688. The van der Waals surface area contributed by atoms with Crippen LogP contribution in [0.15, 0.2) is 0 Å². The van der Waals surface area contributed by atoms with Crippen molar-refractivity contribution in [2.75, 3.05) is 19.8 Å². The van der Waals surface area contributed by atoms with Gasteiger partial charge in [-0.3, -0.25) is 4.90 Å². The van der Waals surface area contributed by atoms with E-state index in [1.165, 1.54) is 4.90 Å². The highest BCUT2D eigenvalue weighted by Crippen LogP contribution is 2.30. The standard InChI is InChI=1S/C15H25NO5/c1-14(2,3)21-13(18)16-8-5-6-11(16)12(17)19-9-7-15(4)10-20-15/h11H,5-10H2,1-4H3/t11-,15?/m0/s1. The van der Waals surface area contributed by atoms with Gasteiger partial charge in [0, 0.05) is 13.0 Å². The minimum atomic E-state index is -0.563. The Kier molecular flexibility index (Phi) is 4.46. The number of amides is 1. The van der Waals surface area contributed by atoms with Gasteiger partial charge in [-0.1, -0.05) is 0 Å². The van der Waals surface area contributed by atoms with Crippen LogP contribution in [0.4, 0.5) is 4.79 Å². The molecule has 1 amide bonds. The predicted molar refractivity (Wildman–Crippen MR) is 75.9 cm³/mol. The largest absolute Gasteiger partial charge is 0.464 e. The molecule has 2 aliphatic rings. The zero-order valence-corrected chi connectivity index (χ0v) is 13.3. The molecule has 120 valence electrons. The molecule has 0 aromatic rings. The fourth-order valence-electron chi connectivity index (χ4n) is 2.28. The minimum absolute atomic E-state index is 0.124. The van der Waals surface area contributed by atoms with Crippen LogP contribution in [0.1, 0.15) is 47.0 Å². The zero-order valence-electron chi connectivity index (χ0n) is 13.3. The molecule has 0 aliphatic carbocycles. The van der Waals surface area contributed by atoms with Gasteiger partial charge >= 0.3 is 12.1 Å². The van der Waals surface area contributed by atoms with Crippen LogP contribution in [0.25, 0.3) is 0 Å². The highest BCUT2D eigenvalue weighted by Gasteiger charge is 2.40. The Balaban J connectivity index is 1.82. The van der Waals surface area contributed by atoms with Gasteiger partial charge in [0.2, 0.25) is 0 Å². The average Bonchev–Trinajstić information content (AvgIpc) is 2.91. The van der Waals surface area contributed by atoms with E-state index in [9.17, 15) is 9.59 Å². The number of ether oxygens (including phenoxy) is 3. The Morgan fingerprint density at radius 3 is 2.62 bits per heavy atom. The molecular weight excluding hydrogens is 274 g/mol. The maximum absolute atomic E-state index is 12.1. The Labute approximate surface area is 125 Å². The number of epoxide rings is 1. The van der Waals surface area contributed by atoms with Crippen molar-refractivity contribution in [2.24, 2.45) is 0 Å². The lowest BCUT2D eigenvalue weighted by atomic mass is 10.1. The number of rotatable bonds is 4. The van der Waals surface area contributed by atoms with Crippen molar-refractivity contribution in [2.45, 2.75) is 64.2 Å². The minimum Gasteiger partial charge on any atom is -0.464 e. The molecule has 0 saturated carbocycles. The molecule has 2 heterocycles. The Morgan fingerprint density at radius 1 is 1.38 bits per heavy atom. The molecule has 2 atom stereocenters. The van der Waals surface area contributed by atoms with Gasteiger partial charge in [0.05, 0.1) is 18.8 Å². The fraction of sp³-hybridized carbons (Fsp3) is 0.867. The van der Waals surface area contributed by atoms with Crippen LogP contribution >= 0.6 is 0 Å². The molecule has 21 heavy (non-hydrogen) atoms. The zero-order chi connectivity index (χ0) is 15.7. The van der Waals surface area contributed by atoms with Crippen molar-refractivity contribution in [1.29, 1.82) is 0 Å². The Bertz CT molecular complexity index is 411. The first-order chi connectivity index (χ1) is 9.70. The molecule has 2 rings (SSSR count). The number of hydrogen-bond acceptors (Lipinski definition) is 5. The molecule has 2 fully saturated rings. The Morgan fingerprint density at radius 2 is 2.05 bits per heavy atom. The SMILES string of the molecule is CC(C)(C)OC(=O)N1CCC[C@H]1C(=O)OCCC1(C)CO1. The fourth-order valence-corrected chi connectivity index (χ4v) is 2.28.